The number of fused-ring (bicyclic) bond motifs is 1. The number of methoxy groups -OCH3 is 2. The Morgan fingerprint density at radius 1 is 0.764 bits per heavy atom. The number of halogens is 3. The molecule has 2 aliphatic heterocycles. The summed E-state index contributed by atoms with van der Waals surface area (Å²) in [6.45, 7) is 9.04. The summed E-state index contributed by atoms with van der Waals surface area (Å²) in [5.41, 5.74) is 4.59. The molecule has 10 nitrogen and oxygen atoms in total. The fraction of sp³-hybridized carbons (Fsp3) is 0.286. The van der Waals surface area contributed by atoms with Crippen molar-refractivity contribution in [2.45, 2.75) is 13.1 Å². The Morgan fingerprint density at radius 2 is 1.25 bits per heavy atom. The Hall–Kier alpha value is -4.85. The molecule has 1 N–H and O–H groups in total. The molecule has 0 bridgehead atoms. The summed E-state index contributed by atoms with van der Waals surface area (Å²) in [6.07, 6.45) is 5.31. The van der Waals surface area contributed by atoms with Crippen LogP contribution in [0.15, 0.2) is 83.3 Å². The van der Waals surface area contributed by atoms with Crippen LogP contribution in [0.1, 0.15) is 37.4 Å². The van der Waals surface area contributed by atoms with E-state index in [2.05, 4.69) is 44.7 Å². The van der Waals surface area contributed by atoms with E-state index >= 15 is 0 Å². The number of terminal acetylenes is 1. The van der Waals surface area contributed by atoms with Gasteiger partial charge in [-0.05, 0) is 76.2 Å². The molecule has 2 saturated heterocycles. The van der Waals surface area contributed by atoms with Gasteiger partial charge in [0, 0.05) is 55.8 Å². The number of benzene rings is 4. The maximum atomic E-state index is 13.8. The van der Waals surface area contributed by atoms with Crippen LogP contribution in [0, 0.1) is 27.5 Å². The van der Waals surface area contributed by atoms with Crippen molar-refractivity contribution in [1.29, 1.82) is 0 Å². The largest absolute Gasteiger partial charge is 0.506 e. The lowest BCUT2D eigenvalue weighted by Crippen LogP contribution is -2.35. The summed E-state index contributed by atoms with van der Waals surface area (Å²) in [5.74, 6) is 0.488. The fourth-order valence-corrected chi connectivity index (χ4v) is 6.46. The van der Waals surface area contributed by atoms with E-state index in [-0.39, 0.29) is 20.4 Å². The van der Waals surface area contributed by atoms with Gasteiger partial charge in [0.1, 0.15) is 39.9 Å². The van der Waals surface area contributed by atoms with Crippen molar-refractivity contribution < 1.29 is 46.8 Å². The van der Waals surface area contributed by atoms with Gasteiger partial charge in [-0.15, -0.1) is 6.42 Å². The van der Waals surface area contributed by atoms with Gasteiger partial charge in [0.05, 0.1) is 44.2 Å². The van der Waals surface area contributed by atoms with Crippen LogP contribution >= 0.6 is 22.6 Å². The first-order chi connectivity index (χ1) is 26.6. The van der Waals surface area contributed by atoms with Gasteiger partial charge in [-0.1, -0.05) is 42.3 Å². The van der Waals surface area contributed by atoms with Crippen molar-refractivity contribution in [3.05, 3.63) is 122 Å². The van der Waals surface area contributed by atoms with E-state index in [4.69, 9.17) is 25.1 Å². The first kappa shape index (κ1) is 41.3. The second kappa shape index (κ2) is 20.2. The number of esters is 2. The van der Waals surface area contributed by atoms with E-state index in [1.807, 2.05) is 24.3 Å². The van der Waals surface area contributed by atoms with Gasteiger partial charge in [0.2, 0.25) is 0 Å². The molecule has 1 aromatic heterocycles. The molecular weight excluding hydrogens is 825 g/mol. The van der Waals surface area contributed by atoms with Crippen LogP contribution in [0.3, 0.4) is 0 Å². The van der Waals surface area contributed by atoms with Crippen LogP contribution in [0.4, 0.5) is 8.78 Å². The van der Waals surface area contributed by atoms with Crippen molar-refractivity contribution >= 4 is 45.5 Å². The lowest BCUT2D eigenvalue weighted by molar-refractivity contribution is 0.0341. The predicted molar refractivity (Wildman–Crippen MR) is 212 cm³/mol. The molecule has 0 aliphatic carbocycles. The number of rotatable bonds is 7. The molecule has 0 saturated carbocycles. The van der Waals surface area contributed by atoms with Crippen LogP contribution in [-0.4, -0.2) is 93.7 Å². The molecule has 0 spiro atoms. The lowest BCUT2D eigenvalue weighted by atomic mass is 10.1. The van der Waals surface area contributed by atoms with Gasteiger partial charge in [0.15, 0.2) is 0 Å². The third-order valence-corrected chi connectivity index (χ3v) is 9.62. The fourth-order valence-electron chi connectivity index (χ4n) is 5.87. The number of phenols is 1. The minimum Gasteiger partial charge on any atom is -0.506 e. The van der Waals surface area contributed by atoms with Gasteiger partial charge in [-0.2, -0.15) is 0 Å². The molecule has 2 aliphatic rings. The Balaban J connectivity index is 0.000000175. The van der Waals surface area contributed by atoms with Gasteiger partial charge in [-0.25, -0.2) is 18.4 Å². The van der Waals surface area contributed by atoms with Crippen molar-refractivity contribution in [1.82, 2.24) is 9.80 Å². The summed E-state index contributed by atoms with van der Waals surface area (Å²) >= 11 is 1.73. The average molecular weight is 867 g/mol. The quantitative estimate of drug-likeness (QED) is 0.102. The van der Waals surface area contributed by atoms with E-state index in [0.717, 1.165) is 95.0 Å². The maximum Gasteiger partial charge on any atom is 0.341 e. The van der Waals surface area contributed by atoms with Gasteiger partial charge >= 0.3 is 11.9 Å². The summed E-state index contributed by atoms with van der Waals surface area (Å²) in [6, 6.07) is 22.5. The first-order valence-electron chi connectivity index (χ1n) is 17.4. The minimum atomic E-state index is -0.755. The highest BCUT2D eigenvalue weighted by molar-refractivity contribution is 14.1. The zero-order chi connectivity index (χ0) is 39.3. The van der Waals surface area contributed by atoms with E-state index in [0.29, 0.717) is 16.7 Å². The third-order valence-electron chi connectivity index (χ3n) is 8.80. The first-order valence-corrected chi connectivity index (χ1v) is 18.5. The van der Waals surface area contributed by atoms with Crippen molar-refractivity contribution in [3.8, 4) is 29.4 Å². The zero-order valence-electron chi connectivity index (χ0n) is 30.5. The average Bonchev–Trinajstić information content (AvgIpc) is 3.64. The highest BCUT2D eigenvalue weighted by Gasteiger charge is 2.19. The van der Waals surface area contributed by atoms with E-state index < -0.39 is 23.6 Å². The van der Waals surface area contributed by atoms with Crippen LogP contribution in [0.2, 0.25) is 0 Å². The van der Waals surface area contributed by atoms with Gasteiger partial charge in [0.25, 0.3) is 0 Å². The Morgan fingerprint density at radius 3 is 1.78 bits per heavy atom. The number of phenolic OH excluding ortho intramolecular Hbond substituents is 1. The van der Waals surface area contributed by atoms with E-state index in [9.17, 15) is 23.5 Å². The molecule has 0 atom stereocenters. The smallest absolute Gasteiger partial charge is 0.341 e. The number of furan rings is 1. The molecule has 13 heteroatoms. The van der Waals surface area contributed by atoms with Gasteiger partial charge in [-0.3, -0.25) is 9.80 Å². The zero-order valence-corrected chi connectivity index (χ0v) is 32.6. The highest BCUT2D eigenvalue weighted by atomic mass is 127. The summed E-state index contributed by atoms with van der Waals surface area (Å²) < 4.78 is 52.5. The summed E-state index contributed by atoms with van der Waals surface area (Å²) in [5, 5.41) is 9.88. The topological polar surface area (TPSA) is 111 Å². The summed E-state index contributed by atoms with van der Waals surface area (Å²) in [4.78, 5) is 27.6. The summed E-state index contributed by atoms with van der Waals surface area (Å²) in [7, 11) is 2.43. The van der Waals surface area contributed by atoms with E-state index in [1.165, 1.54) is 31.4 Å². The molecule has 5 aromatic rings. The predicted octanol–water partition coefficient (Wildman–Crippen LogP) is 7.28. The minimum absolute atomic E-state index is 0.0858. The van der Waals surface area contributed by atoms with Crippen LogP contribution in [-0.2, 0) is 32.0 Å². The third kappa shape index (κ3) is 11.6. The van der Waals surface area contributed by atoms with E-state index in [1.54, 1.807) is 28.7 Å². The maximum absolute atomic E-state index is 13.8. The number of hydrogen-bond acceptors (Lipinski definition) is 10. The Labute approximate surface area is 332 Å². The molecule has 2 fully saturated rings. The Bertz CT molecular complexity index is 2100. The Kier molecular flexibility index (Phi) is 15.2. The second-order valence-electron chi connectivity index (χ2n) is 12.6. The van der Waals surface area contributed by atoms with Crippen molar-refractivity contribution in [2.24, 2.45) is 0 Å². The number of aromatic hydroxyl groups is 1. The SMILES string of the molecule is C#Cc1ccc(CN2CCOCC2)cc1.COC(=O)c1cc(F)cc(I)c1O.COC(=O)c1cc(F)cc2cc(-c3ccc(CN4CCOCC4)cc3)oc12. The van der Waals surface area contributed by atoms with Gasteiger partial charge < -0.3 is 28.5 Å². The molecule has 0 amide bonds. The molecule has 0 unspecified atom stereocenters. The van der Waals surface area contributed by atoms with Crippen molar-refractivity contribution in [3.63, 3.8) is 0 Å². The number of morpholine rings is 2. The molecule has 55 heavy (non-hydrogen) atoms. The number of nitrogens with zero attached hydrogens (tertiary/aromatic N) is 2. The number of ether oxygens (including phenoxy) is 4. The van der Waals surface area contributed by atoms with Crippen molar-refractivity contribution in [2.75, 3.05) is 66.8 Å². The van der Waals surface area contributed by atoms with Crippen LogP contribution in [0.25, 0.3) is 22.3 Å². The molecular formula is C42H41F2IN2O8. The highest BCUT2D eigenvalue weighted by Crippen LogP contribution is 2.31. The molecule has 0 radical (unpaired) electrons. The molecule has 288 valence electrons. The molecule has 3 heterocycles. The standard InChI is InChI=1S/C21H20FNO4.C13H15NO.C8H6FIO3/c1-25-21(24)18-12-17(22)10-16-11-19(27-20(16)18)15-4-2-14(3-5-15)13-23-6-8-26-9-7-23;1-2-12-3-5-13(6-4-12)11-14-7-9-15-10-8-14;1-13-8(12)5-2-4(9)3-6(10)7(5)11/h2-5,10-12H,6-9,13H2,1H3;1,3-6H,7-11H2;2-3,11H,1H3. The lowest BCUT2D eigenvalue weighted by Gasteiger charge is -2.26. The monoisotopic (exact) mass is 866 g/mol. The number of hydrogen-bond donors (Lipinski definition) is 1. The van der Waals surface area contributed by atoms with Crippen LogP contribution in [0.5, 0.6) is 5.75 Å². The normalized spacial score (nSPS) is 14.5. The molecule has 4 aromatic carbocycles. The number of carbonyl (C=O) groups excluding carboxylic acids is 2. The van der Waals surface area contributed by atoms with Crippen LogP contribution < -0.4 is 0 Å². The molecule has 7 rings (SSSR count). The second-order valence-corrected chi connectivity index (χ2v) is 13.7. The number of carbonyl (C=O) groups is 2.